The smallest absolute Gasteiger partial charge is 0.251 e. The van der Waals surface area contributed by atoms with Crippen LogP contribution in [0.4, 0.5) is 8.78 Å². The third-order valence-electron chi connectivity index (χ3n) is 7.01. The molecule has 1 aliphatic heterocycles. The molecule has 6 rings (SSSR count). The van der Waals surface area contributed by atoms with E-state index in [0.29, 0.717) is 11.2 Å². The second kappa shape index (κ2) is 9.63. The van der Waals surface area contributed by atoms with Crippen LogP contribution in [-0.4, -0.2) is 46.0 Å². The Labute approximate surface area is 227 Å². The SMILES string of the molecule is Cc1cc2c(-c3ccc4cnc(CNC(=O)c5cc(F)c6c(c5)S(=O)(=O)[C@@H](F)CCO6)cc4n3)ccnc2n1C. The number of aromatic nitrogens is 4. The lowest BCUT2D eigenvalue weighted by molar-refractivity contribution is 0.0949. The summed E-state index contributed by atoms with van der Waals surface area (Å²) in [5.41, 5.74) is 2.22. The summed E-state index contributed by atoms with van der Waals surface area (Å²) in [6.07, 6.45) is 2.95. The van der Waals surface area contributed by atoms with E-state index in [4.69, 9.17) is 9.72 Å². The molecule has 1 N–H and O–H groups in total. The van der Waals surface area contributed by atoms with E-state index in [1.165, 1.54) is 0 Å². The van der Waals surface area contributed by atoms with Crippen LogP contribution in [0.1, 0.15) is 28.2 Å². The van der Waals surface area contributed by atoms with Gasteiger partial charge in [-0.3, -0.25) is 9.78 Å². The fourth-order valence-electron chi connectivity index (χ4n) is 4.74. The number of rotatable bonds is 4. The van der Waals surface area contributed by atoms with Gasteiger partial charge in [0.2, 0.25) is 15.3 Å². The average molecular weight is 564 g/mol. The summed E-state index contributed by atoms with van der Waals surface area (Å²) in [6, 6.07) is 11.3. The molecule has 0 aliphatic carbocycles. The van der Waals surface area contributed by atoms with Crippen molar-refractivity contribution in [2.24, 2.45) is 7.05 Å². The van der Waals surface area contributed by atoms with Crippen molar-refractivity contribution in [2.45, 2.75) is 30.3 Å². The largest absolute Gasteiger partial charge is 0.489 e. The molecule has 0 bridgehead atoms. The van der Waals surface area contributed by atoms with Gasteiger partial charge in [-0.15, -0.1) is 0 Å². The van der Waals surface area contributed by atoms with Crippen LogP contribution in [0.3, 0.4) is 0 Å². The van der Waals surface area contributed by atoms with Gasteiger partial charge in [-0.2, -0.15) is 0 Å². The third-order valence-corrected chi connectivity index (χ3v) is 8.84. The Kier molecular flexibility index (Phi) is 6.21. The van der Waals surface area contributed by atoms with Gasteiger partial charge in [0.25, 0.3) is 5.91 Å². The van der Waals surface area contributed by atoms with Crippen molar-refractivity contribution in [2.75, 3.05) is 6.61 Å². The van der Waals surface area contributed by atoms with Gasteiger partial charge in [0.1, 0.15) is 10.5 Å². The second-order valence-electron chi connectivity index (χ2n) is 9.57. The standard InChI is InChI=1S/C28H23F2N5O4S/c1-15-9-20-19(5-7-31-27(20)35(15)2)22-4-3-16-13-32-18(12-23(16)34-22)14-33-28(36)17-10-21(29)26-24(11-17)40(37,38)25(30)6-8-39-26/h3-5,7,9-13,25H,6,8,14H2,1-2H3,(H,33,36)/t25-/m1/s1. The maximum Gasteiger partial charge on any atom is 0.251 e. The van der Waals surface area contributed by atoms with Crippen molar-refractivity contribution < 1.29 is 26.7 Å². The number of nitrogens with one attached hydrogen (secondary N) is 1. The molecule has 5 aromatic rings. The van der Waals surface area contributed by atoms with E-state index in [9.17, 15) is 22.0 Å². The molecule has 0 fully saturated rings. The Morgan fingerprint density at radius 2 is 2.00 bits per heavy atom. The molecule has 4 aromatic heterocycles. The Morgan fingerprint density at radius 1 is 1.18 bits per heavy atom. The number of pyridine rings is 3. The van der Waals surface area contributed by atoms with Gasteiger partial charge >= 0.3 is 0 Å². The number of carbonyl (C=O) groups is 1. The van der Waals surface area contributed by atoms with Gasteiger partial charge in [-0.1, -0.05) is 0 Å². The number of alkyl halides is 1. The van der Waals surface area contributed by atoms with Gasteiger partial charge in [0.05, 0.1) is 30.1 Å². The Hall–Kier alpha value is -4.45. The number of nitrogens with zero attached hydrogens (tertiary/aromatic N) is 4. The number of aryl methyl sites for hydroxylation is 2. The first kappa shape index (κ1) is 25.8. The highest BCUT2D eigenvalue weighted by molar-refractivity contribution is 7.92. The van der Waals surface area contributed by atoms with Crippen molar-refractivity contribution in [1.82, 2.24) is 24.8 Å². The first-order valence-corrected chi connectivity index (χ1v) is 14.0. The van der Waals surface area contributed by atoms with Crippen molar-refractivity contribution >= 4 is 37.7 Å². The molecule has 0 spiro atoms. The van der Waals surface area contributed by atoms with Crippen LogP contribution < -0.4 is 10.1 Å². The van der Waals surface area contributed by atoms with Crippen molar-refractivity contribution in [3.63, 3.8) is 0 Å². The molecule has 0 saturated heterocycles. The summed E-state index contributed by atoms with van der Waals surface area (Å²) in [4.78, 5) is 25.8. The Bertz CT molecular complexity index is 1940. The number of sulfone groups is 1. The van der Waals surface area contributed by atoms with Crippen LogP contribution in [0, 0.1) is 12.7 Å². The quantitative estimate of drug-likeness (QED) is 0.344. The Balaban J connectivity index is 1.27. The molecule has 0 unspecified atom stereocenters. The molecule has 12 heteroatoms. The highest BCUT2D eigenvalue weighted by Gasteiger charge is 2.35. The molecular weight excluding hydrogens is 540 g/mol. The van der Waals surface area contributed by atoms with Crippen LogP contribution in [-0.2, 0) is 23.4 Å². The number of amides is 1. The number of benzene rings is 1. The molecule has 1 atom stereocenters. The first-order chi connectivity index (χ1) is 19.1. The number of halogens is 2. The zero-order valence-corrected chi connectivity index (χ0v) is 22.3. The number of ether oxygens (including phenoxy) is 1. The summed E-state index contributed by atoms with van der Waals surface area (Å²) >= 11 is 0. The van der Waals surface area contributed by atoms with Gasteiger partial charge in [0, 0.05) is 53.5 Å². The van der Waals surface area contributed by atoms with E-state index >= 15 is 0 Å². The molecule has 40 heavy (non-hydrogen) atoms. The monoisotopic (exact) mass is 563 g/mol. The molecule has 204 valence electrons. The predicted molar refractivity (Wildman–Crippen MR) is 144 cm³/mol. The lowest BCUT2D eigenvalue weighted by atomic mass is 10.1. The zero-order valence-electron chi connectivity index (χ0n) is 21.5. The van der Waals surface area contributed by atoms with E-state index in [1.807, 2.05) is 36.7 Å². The van der Waals surface area contributed by atoms with Gasteiger partial charge in [-0.25, -0.2) is 27.2 Å². The Morgan fingerprint density at radius 3 is 2.83 bits per heavy atom. The topological polar surface area (TPSA) is 116 Å². The summed E-state index contributed by atoms with van der Waals surface area (Å²) in [5.74, 6) is -2.38. The van der Waals surface area contributed by atoms with E-state index in [1.54, 1.807) is 18.5 Å². The minimum atomic E-state index is -4.51. The second-order valence-corrected chi connectivity index (χ2v) is 11.6. The van der Waals surface area contributed by atoms with Crippen LogP contribution >= 0.6 is 0 Å². The van der Waals surface area contributed by atoms with E-state index in [0.717, 1.165) is 45.5 Å². The average Bonchev–Trinajstić information content (AvgIpc) is 3.18. The van der Waals surface area contributed by atoms with E-state index in [2.05, 4.69) is 21.4 Å². The summed E-state index contributed by atoms with van der Waals surface area (Å²) in [5, 5.41) is 4.39. The lowest BCUT2D eigenvalue weighted by Crippen LogP contribution is -2.24. The number of fused-ring (bicyclic) bond motifs is 3. The van der Waals surface area contributed by atoms with Crippen molar-refractivity contribution in [3.8, 4) is 17.0 Å². The highest BCUT2D eigenvalue weighted by Crippen LogP contribution is 2.35. The molecule has 1 amide bonds. The van der Waals surface area contributed by atoms with Gasteiger partial charge < -0.3 is 14.6 Å². The number of hydrogen-bond acceptors (Lipinski definition) is 7. The number of hydrogen-bond donors (Lipinski definition) is 1. The van der Waals surface area contributed by atoms with Gasteiger partial charge in [0.15, 0.2) is 11.6 Å². The summed E-state index contributed by atoms with van der Waals surface area (Å²) in [6.45, 7) is 1.68. The van der Waals surface area contributed by atoms with Crippen LogP contribution in [0.5, 0.6) is 5.75 Å². The summed E-state index contributed by atoms with van der Waals surface area (Å²) < 4.78 is 61.0. The van der Waals surface area contributed by atoms with E-state index < -0.39 is 44.1 Å². The van der Waals surface area contributed by atoms with Gasteiger partial charge in [-0.05, 0) is 49.4 Å². The van der Waals surface area contributed by atoms with Crippen LogP contribution in [0.25, 0.3) is 33.2 Å². The molecular formula is C28H23F2N5O4S. The minimum absolute atomic E-state index is 0.0360. The maximum absolute atomic E-state index is 14.7. The third kappa shape index (κ3) is 4.34. The summed E-state index contributed by atoms with van der Waals surface area (Å²) in [7, 11) is -2.55. The molecule has 0 saturated carbocycles. The predicted octanol–water partition coefficient (Wildman–Crippen LogP) is 4.41. The van der Waals surface area contributed by atoms with Crippen molar-refractivity contribution in [3.05, 3.63) is 77.6 Å². The van der Waals surface area contributed by atoms with Crippen molar-refractivity contribution in [1.29, 1.82) is 0 Å². The minimum Gasteiger partial charge on any atom is -0.489 e. The highest BCUT2D eigenvalue weighted by atomic mass is 32.2. The lowest BCUT2D eigenvalue weighted by Gasteiger charge is -2.12. The molecule has 1 aliphatic rings. The molecule has 5 heterocycles. The first-order valence-electron chi connectivity index (χ1n) is 12.4. The molecule has 9 nitrogen and oxygen atoms in total. The van der Waals surface area contributed by atoms with Crippen LogP contribution in [0.2, 0.25) is 0 Å². The maximum atomic E-state index is 14.7. The normalized spacial score (nSPS) is 16.4. The number of carbonyl (C=O) groups excluding carboxylic acids is 1. The fraction of sp³-hybridized carbons (Fsp3) is 0.214. The fourth-order valence-corrected chi connectivity index (χ4v) is 6.13. The zero-order chi connectivity index (χ0) is 28.2. The van der Waals surface area contributed by atoms with E-state index in [-0.39, 0.29) is 18.7 Å². The molecule has 0 radical (unpaired) electrons. The molecule has 1 aromatic carbocycles. The van der Waals surface area contributed by atoms with Crippen LogP contribution in [0.15, 0.2) is 59.8 Å².